The lowest BCUT2D eigenvalue weighted by Gasteiger charge is -2.42. The summed E-state index contributed by atoms with van der Waals surface area (Å²) in [5.41, 5.74) is 4.03. The van der Waals surface area contributed by atoms with E-state index < -0.39 is 47.3 Å². The minimum atomic E-state index is -0.985. The highest BCUT2D eigenvalue weighted by Crippen LogP contribution is 2.24. The molecule has 4 unspecified atom stereocenters. The molecule has 4 aliphatic heterocycles. The topological polar surface area (TPSA) is 191 Å². The molecule has 5 amide bonds. The highest BCUT2D eigenvalue weighted by Gasteiger charge is 2.44. The van der Waals surface area contributed by atoms with Crippen molar-refractivity contribution in [2.24, 2.45) is 5.73 Å². The predicted octanol–water partition coefficient (Wildman–Crippen LogP) is 0.381. The van der Waals surface area contributed by atoms with Crippen molar-refractivity contribution in [1.82, 2.24) is 30.2 Å². The summed E-state index contributed by atoms with van der Waals surface area (Å²) >= 11 is 0. The van der Waals surface area contributed by atoms with E-state index in [1.54, 1.807) is 46.4 Å². The average molecular weight is 635 g/mol. The number of rotatable bonds is 3. The third kappa shape index (κ3) is 9.92. The van der Waals surface area contributed by atoms with Gasteiger partial charge in [-0.25, -0.2) is 9.59 Å². The van der Waals surface area contributed by atoms with Gasteiger partial charge in [0.2, 0.25) is 17.7 Å². The van der Waals surface area contributed by atoms with E-state index >= 15 is 0 Å². The summed E-state index contributed by atoms with van der Waals surface area (Å²) in [7, 11) is 0. The number of hydrogen-bond donors (Lipinski definition) is 3. The maximum atomic E-state index is 13.3. The van der Waals surface area contributed by atoms with Crippen LogP contribution in [-0.2, 0) is 23.9 Å². The maximum absolute atomic E-state index is 13.3. The standard InChI is InChI=1S/C20H34N4O6.C10H16N4O/c1-19(2,3)29-17(27)22-10-11-24(18(28)30-20(4,5)6)14(12-22)16(26)23-9-7-8-13(23)15(21)25;11-6-8-2-1-5-14(8)10(15)9-7-12-3-4-13-9/h13-14H,7-12H2,1-6H3,(H2,21,25);8-9,12-13H,1-5,7H2. The van der Waals surface area contributed by atoms with E-state index in [1.165, 1.54) is 14.7 Å². The fraction of sp³-hybridized carbons (Fsp3) is 0.800. The summed E-state index contributed by atoms with van der Waals surface area (Å²) in [5, 5.41) is 15.3. The summed E-state index contributed by atoms with van der Waals surface area (Å²) < 4.78 is 10.9. The molecule has 252 valence electrons. The van der Waals surface area contributed by atoms with E-state index in [4.69, 9.17) is 20.5 Å². The van der Waals surface area contributed by atoms with Gasteiger partial charge in [0.05, 0.1) is 18.7 Å². The molecular formula is C30H50N8O7. The van der Waals surface area contributed by atoms with Crippen molar-refractivity contribution in [3.05, 3.63) is 0 Å². The van der Waals surface area contributed by atoms with Gasteiger partial charge in [0.25, 0.3) is 0 Å². The van der Waals surface area contributed by atoms with Crippen molar-refractivity contribution in [2.75, 3.05) is 52.4 Å². The maximum Gasteiger partial charge on any atom is 0.411 e. The van der Waals surface area contributed by atoms with Gasteiger partial charge in [-0.2, -0.15) is 5.26 Å². The van der Waals surface area contributed by atoms with Crippen molar-refractivity contribution in [3.63, 3.8) is 0 Å². The van der Waals surface area contributed by atoms with Crippen molar-refractivity contribution in [3.8, 4) is 6.07 Å². The van der Waals surface area contributed by atoms with Gasteiger partial charge in [0.15, 0.2) is 0 Å². The number of nitrogens with two attached hydrogens (primary N) is 1. The van der Waals surface area contributed by atoms with Gasteiger partial charge in [-0.15, -0.1) is 0 Å². The molecule has 0 spiro atoms. The highest BCUT2D eigenvalue weighted by molar-refractivity contribution is 5.92. The first kappa shape index (κ1) is 35.8. The van der Waals surface area contributed by atoms with E-state index in [1.807, 2.05) is 0 Å². The minimum absolute atomic E-state index is 0.0467. The summed E-state index contributed by atoms with van der Waals surface area (Å²) in [4.78, 5) is 68.3. The predicted molar refractivity (Wildman–Crippen MR) is 163 cm³/mol. The second-order valence-corrected chi connectivity index (χ2v) is 13.7. The fourth-order valence-electron chi connectivity index (χ4n) is 5.74. The van der Waals surface area contributed by atoms with Crippen LogP contribution in [-0.4, -0.2) is 137 Å². The van der Waals surface area contributed by atoms with Gasteiger partial charge in [0.1, 0.15) is 29.3 Å². The smallest absolute Gasteiger partial charge is 0.411 e. The number of piperazine rings is 2. The van der Waals surface area contributed by atoms with E-state index in [0.717, 1.165) is 32.5 Å². The largest absolute Gasteiger partial charge is 0.444 e. The van der Waals surface area contributed by atoms with Gasteiger partial charge in [-0.05, 0) is 67.2 Å². The molecule has 4 aliphatic rings. The summed E-state index contributed by atoms with van der Waals surface area (Å²) in [6, 6.07) is 0.140. The number of amides is 5. The lowest BCUT2D eigenvalue weighted by Crippen LogP contribution is -2.63. The molecule has 15 nitrogen and oxygen atoms in total. The molecule has 4 fully saturated rings. The van der Waals surface area contributed by atoms with Gasteiger partial charge in [0, 0.05) is 45.8 Å². The molecule has 0 aromatic carbocycles. The van der Waals surface area contributed by atoms with Crippen LogP contribution in [0.3, 0.4) is 0 Å². The van der Waals surface area contributed by atoms with Crippen LogP contribution in [0, 0.1) is 11.3 Å². The number of nitrogens with zero attached hydrogens (tertiary/aromatic N) is 5. The second kappa shape index (κ2) is 15.1. The Hall–Kier alpha value is -3.64. The Labute approximate surface area is 265 Å². The highest BCUT2D eigenvalue weighted by atomic mass is 16.6. The molecule has 45 heavy (non-hydrogen) atoms. The van der Waals surface area contributed by atoms with Crippen LogP contribution in [0.5, 0.6) is 0 Å². The number of carbonyl (C=O) groups is 5. The fourth-order valence-corrected chi connectivity index (χ4v) is 5.74. The summed E-state index contributed by atoms with van der Waals surface area (Å²) in [5.74, 6) is -0.925. The Morgan fingerprint density at radius 3 is 1.98 bits per heavy atom. The first-order valence-corrected chi connectivity index (χ1v) is 15.7. The van der Waals surface area contributed by atoms with Gasteiger partial charge in [-0.3, -0.25) is 19.3 Å². The third-order valence-electron chi connectivity index (χ3n) is 7.83. The number of likely N-dealkylation sites (tertiary alicyclic amines) is 2. The molecule has 15 heteroatoms. The third-order valence-corrected chi connectivity index (χ3v) is 7.83. The Bertz CT molecular complexity index is 1140. The molecule has 4 heterocycles. The molecule has 4 N–H and O–H groups in total. The van der Waals surface area contributed by atoms with Crippen molar-refractivity contribution in [2.45, 2.75) is 103 Å². The number of hydrogen-bond acceptors (Lipinski definition) is 10. The summed E-state index contributed by atoms with van der Waals surface area (Å²) in [6.07, 6.45) is 1.70. The van der Waals surface area contributed by atoms with E-state index in [2.05, 4.69) is 16.7 Å². The number of carbonyl (C=O) groups excluding carboxylic acids is 5. The quantitative estimate of drug-likeness (QED) is 0.391. The molecule has 0 aromatic heterocycles. The van der Waals surface area contributed by atoms with Crippen LogP contribution < -0.4 is 16.4 Å². The van der Waals surface area contributed by atoms with Crippen LogP contribution in [0.1, 0.15) is 67.2 Å². The number of nitriles is 1. The Morgan fingerprint density at radius 2 is 1.40 bits per heavy atom. The molecule has 0 bridgehead atoms. The first-order valence-electron chi connectivity index (χ1n) is 15.7. The average Bonchev–Trinajstić information content (AvgIpc) is 3.65. The molecule has 4 atom stereocenters. The first-order chi connectivity index (χ1) is 21.0. The number of nitrogens with one attached hydrogen (secondary N) is 2. The zero-order valence-electron chi connectivity index (χ0n) is 27.5. The van der Waals surface area contributed by atoms with E-state index in [0.29, 0.717) is 25.9 Å². The van der Waals surface area contributed by atoms with Gasteiger partial charge in [-0.1, -0.05) is 0 Å². The van der Waals surface area contributed by atoms with Gasteiger partial charge < -0.3 is 40.5 Å². The Morgan fingerprint density at radius 1 is 0.778 bits per heavy atom. The van der Waals surface area contributed by atoms with Crippen molar-refractivity contribution in [1.29, 1.82) is 5.26 Å². The lowest BCUT2D eigenvalue weighted by molar-refractivity contribution is -0.143. The Balaban J connectivity index is 0.000000305. The Kier molecular flexibility index (Phi) is 12.0. The van der Waals surface area contributed by atoms with Crippen molar-refractivity contribution < 1.29 is 33.4 Å². The molecule has 4 saturated heterocycles. The van der Waals surface area contributed by atoms with Gasteiger partial charge >= 0.3 is 12.2 Å². The van der Waals surface area contributed by atoms with Crippen LogP contribution >= 0.6 is 0 Å². The zero-order chi connectivity index (χ0) is 33.5. The zero-order valence-corrected chi connectivity index (χ0v) is 27.5. The van der Waals surface area contributed by atoms with Crippen molar-refractivity contribution >= 4 is 29.9 Å². The second-order valence-electron chi connectivity index (χ2n) is 13.7. The minimum Gasteiger partial charge on any atom is -0.444 e. The lowest BCUT2D eigenvalue weighted by atomic mass is 10.1. The number of primary amides is 1. The molecule has 0 saturated carbocycles. The van der Waals surface area contributed by atoms with Crippen LogP contribution in [0.15, 0.2) is 0 Å². The van der Waals surface area contributed by atoms with E-state index in [-0.39, 0.29) is 37.6 Å². The SMILES string of the molecule is CC(C)(C)OC(=O)N1CCN(C(=O)OC(C)(C)C)C(C(=O)N2CCCC2C(N)=O)C1.N#CC1CCCN1C(=O)C1CNCCN1. The molecule has 0 radical (unpaired) electrons. The van der Waals surface area contributed by atoms with Crippen LogP contribution in [0.2, 0.25) is 0 Å². The normalized spacial score (nSPS) is 25.5. The molecule has 4 rings (SSSR count). The molecule has 0 aromatic rings. The molecule has 0 aliphatic carbocycles. The van der Waals surface area contributed by atoms with E-state index in [9.17, 15) is 24.0 Å². The summed E-state index contributed by atoms with van der Waals surface area (Å²) in [6.45, 7) is 14.3. The van der Waals surface area contributed by atoms with Crippen LogP contribution in [0.25, 0.3) is 0 Å². The monoisotopic (exact) mass is 634 g/mol. The number of ether oxygens (including phenoxy) is 2. The van der Waals surface area contributed by atoms with Crippen LogP contribution in [0.4, 0.5) is 9.59 Å². The molecular weight excluding hydrogens is 584 g/mol.